The summed E-state index contributed by atoms with van der Waals surface area (Å²) >= 11 is 2.25. The van der Waals surface area contributed by atoms with E-state index in [0.717, 1.165) is 20.6 Å². The number of benzene rings is 2. The maximum Gasteiger partial charge on any atom is 0.253 e. The Morgan fingerprint density at radius 2 is 1.88 bits per heavy atom. The number of hydrogen-bond donors (Lipinski definition) is 1. The highest BCUT2D eigenvalue weighted by Crippen LogP contribution is 2.23. The zero-order valence-electron chi connectivity index (χ0n) is 12.8. The van der Waals surface area contributed by atoms with Crippen molar-refractivity contribution in [3.05, 3.63) is 87.8 Å². The third-order valence-electron chi connectivity index (χ3n) is 3.32. The monoisotopic (exact) mass is 430 g/mol. The smallest absolute Gasteiger partial charge is 0.253 e. The summed E-state index contributed by atoms with van der Waals surface area (Å²) in [5.41, 5.74) is 1.51. The molecule has 0 saturated carbocycles. The van der Waals surface area contributed by atoms with Gasteiger partial charge in [-0.25, -0.2) is 0 Å². The molecule has 2 aromatic carbocycles. The molecular formula is C19H15IN2O2. The van der Waals surface area contributed by atoms with Crippen LogP contribution in [0.3, 0.4) is 0 Å². The normalized spacial score (nSPS) is 10.2. The molecule has 0 aliphatic heterocycles. The molecule has 5 heteroatoms. The fourth-order valence-corrected chi connectivity index (χ4v) is 2.50. The highest BCUT2D eigenvalue weighted by atomic mass is 127. The van der Waals surface area contributed by atoms with Crippen molar-refractivity contribution in [1.82, 2.24) is 10.3 Å². The van der Waals surface area contributed by atoms with Gasteiger partial charge in [0, 0.05) is 22.5 Å². The first kappa shape index (κ1) is 16.4. The van der Waals surface area contributed by atoms with Crippen LogP contribution in [0.5, 0.6) is 11.5 Å². The number of hydrogen-bond acceptors (Lipinski definition) is 3. The van der Waals surface area contributed by atoms with Gasteiger partial charge in [0.1, 0.15) is 11.5 Å². The summed E-state index contributed by atoms with van der Waals surface area (Å²) in [6.45, 7) is 0.428. The molecule has 1 amide bonds. The number of rotatable bonds is 5. The van der Waals surface area contributed by atoms with Crippen LogP contribution in [0.25, 0.3) is 0 Å². The summed E-state index contributed by atoms with van der Waals surface area (Å²) in [6.07, 6.45) is 3.19. The first-order valence-corrected chi connectivity index (χ1v) is 8.49. The summed E-state index contributed by atoms with van der Waals surface area (Å²) in [7, 11) is 0. The molecule has 1 N–H and O–H groups in total. The average Bonchev–Trinajstić information content (AvgIpc) is 2.63. The second-order valence-electron chi connectivity index (χ2n) is 5.13. The second-order valence-corrected chi connectivity index (χ2v) is 6.37. The average molecular weight is 430 g/mol. The van der Waals surface area contributed by atoms with E-state index in [2.05, 4.69) is 32.9 Å². The number of pyridine rings is 1. The van der Waals surface area contributed by atoms with Crippen LogP contribution < -0.4 is 10.1 Å². The molecule has 0 saturated heterocycles. The van der Waals surface area contributed by atoms with Crippen LogP contribution in [0.1, 0.15) is 15.9 Å². The molecule has 0 fully saturated rings. The van der Waals surface area contributed by atoms with Crippen molar-refractivity contribution in [3.63, 3.8) is 0 Å². The van der Waals surface area contributed by atoms with Gasteiger partial charge in [-0.05, 0) is 76.7 Å². The summed E-state index contributed by atoms with van der Waals surface area (Å²) < 4.78 is 7.00. The van der Waals surface area contributed by atoms with E-state index in [4.69, 9.17) is 4.74 Å². The van der Waals surface area contributed by atoms with Crippen LogP contribution >= 0.6 is 22.6 Å². The lowest BCUT2D eigenvalue weighted by atomic mass is 10.2. The van der Waals surface area contributed by atoms with Gasteiger partial charge in [0.2, 0.25) is 0 Å². The maximum atomic E-state index is 12.0. The van der Waals surface area contributed by atoms with Gasteiger partial charge < -0.3 is 10.1 Å². The molecule has 1 aromatic heterocycles. The molecule has 120 valence electrons. The van der Waals surface area contributed by atoms with Gasteiger partial charge in [0.25, 0.3) is 5.91 Å². The fourth-order valence-electron chi connectivity index (χ4n) is 2.14. The van der Waals surface area contributed by atoms with Crippen molar-refractivity contribution in [3.8, 4) is 11.5 Å². The number of ether oxygens (including phenoxy) is 1. The zero-order valence-corrected chi connectivity index (χ0v) is 14.9. The van der Waals surface area contributed by atoms with Gasteiger partial charge in [0.15, 0.2) is 0 Å². The number of halogens is 1. The van der Waals surface area contributed by atoms with Gasteiger partial charge in [-0.15, -0.1) is 0 Å². The Labute approximate surface area is 154 Å². The molecule has 0 bridgehead atoms. The molecule has 24 heavy (non-hydrogen) atoms. The van der Waals surface area contributed by atoms with Crippen molar-refractivity contribution >= 4 is 28.5 Å². The number of aromatic nitrogens is 1. The molecule has 0 radical (unpaired) electrons. The Morgan fingerprint density at radius 1 is 1.04 bits per heavy atom. The largest absolute Gasteiger partial charge is 0.457 e. The highest BCUT2D eigenvalue weighted by Gasteiger charge is 2.05. The molecular weight excluding hydrogens is 415 g/mol. The number of carbonyl (C=O) groups excluding carboxylic acids is 1. The second kappa shape index (κ2) is 7.92. The quantitative estimate of drug-likeness (QED) is 0.611. The molecule has 0 aliphatic rings. The molecule has 0 spiro atoms. The molecule has 0 aliphatic carbocycles. The van der Waals surface area contributed by atoms with Crippen LogP contribution in [-0.4, -0.2) is 10.9 Å². The highest BCUT2D eigenvalue weighted by molar-refractivity contribution is 14.1. The van der Waals surface area contributed by atoms with Gasteiger partial charge in [-0.1, -0.05) is 12.1 Å². The summed E-state index contributed by atoms with van der Waals surface area (Å²) in [5.74, 6) is 1.38. The minimum absolute atomic E-state index is 0.146. The van der Waals surface area contributed by atoms with Crippen molar-refractivity contribution in [2.45, 2.75) is 6.54 Å². The van der Waals surface area contributed by atoms with Gasteiger partial charge >= 0.3 is 0 Å². The van der Waals surface area contributed by atoms with Crippen molar-refractivity contribution in [2.75, 3.05) is 0 Å². The first-order valence-electron chi connectivity index (χ1n) is 7.41. The summed E-state index contributed by atoms with van der Waals surface area (Å²) in [6, 6.07) is 19.0. The maximum absolute atomic E-state index is 12.0. The van der Waals surface area contributed by atoms with Crippen LogP contribution in [0.15, 0.2) is 73.1 Å². The number of nitrogens with one attached hydrogen (secondary N) is 1. The van der Waals surface area contributed by atoms with E-state index in [1.54, 1.807) is 24.5 Å². The number of nitrogens with zero attached hydrogens (tertiary/aromatic N) is 1. The lowest BCUT2D eigenvalue weighted by Crippen LogP contribution is -2.22. The molecule has 3 aromatic rings. The number of amides is 1. The van der Waals surface area contributed by atoms with Gasteiger partial charge in [-0.2, -0.15) is 0 Å². The SMILES string of the molecule is O=C(NCc1cccc(Oc2ccc(I)cc2)c1)c1cccnc1. The third kappa shape index (κ3) is 4.55. The van der Waals surface area contributed by atoms with E-state index in [-0.39, 0.29) is 5.91 Å². The van der Waals surface area contributed by atoms with Gasteiger partial charge in [-0.3, -0.25) is 9.78 Å². The fraction of sp³-hybridized carbons (Fsp3) is 0.0526. The summed E-state index contributed by atoms with van der Waals surface area (Å²) in [5, 5.41) is 2.88. The Hall–Kier alpha value is -2.41. The van der Waals surface area contributed by atoms with Crippen molar-refractivity contribution in [2.24, 2.45) is 0 Å². The zero-order chi connectivity index (χ0) is 16.8. The van der Waals surface area contributed by atoms with Gasteiger partial charge in [0.05, 0.1) is 5.56 Å². The Bertz CT molecular complexity index is 820. The Morgan fingerprint density at radius 3 is 2.62 bits per heavy atom. The minimum Gasteiger partial charge on any atom is -0.457 e. The predicted octanol–water partition coefficient (Wildman–Crippen LogP) is 4.41. The Kier molecular flexibility index (Phi) is 5.43. The van der Waals surface area contributed by atoms with E-state index in [1.165, 1.54) is 0 Å². The molecule has 1 heterocycles. The molecule has 0 unspecified atom stereocenters. The molecule has 3 rings (SSSR count). The topological polar surface area (TPSA) is 51.2 Å². The van der Waals surface area contributed by atoms with E-state index in [9.17, 15) is 4.79 Å². The summed E-state index contributed by atoms with van der Waals surface area (Å²) in [4.78, 5) is 16.0. The van der Waals surface area contributed by atoms with Crippen LogP contribution in [-0.2, 0) is 6.54 Å². The van der Waals surface area contributed by atoms with Crippen LogP contribution in [0.4, 0.5) is 0 Å². The lowest BCUT2D eigenvalue weighted by Gasteiger charge is -2.09. The van der Waals surface area contributed by atoms with E-state index >= 15 is 0 Å². The van der Waals surface area contributed by atoms with E-state index in [0.29, 0.717) is 12.1 Å². The van der Waals surface area contributed by atoms with Crippen LogP contribution in [0.2, 0.25) is 0 Å². The first-order chi connectivity index (χ1) is 11.7. The predicted molar refractivity (Wildman–Crippen MR) is 101 cm³/mol. The number of carbonyl (C=O) groups is 1. The molecule has 0 atom stereocenters. The Balaban J connectivity index is 1.63. The van der Waals surface area contributed by atoms with Crippen LogP contribution in [0, 0.1) is 3.57 Å². The standard InChI is InChI=1S/C19H15IN2O2/c20-16-6-8-17(9-7-16)24-18-5-1-3-14(11-18)12-22-19(23)15-4-2-10-21-13-15/h1-11,13H,12H2,(H,22,23). The van der Waals surface area contributed by atoms with E-state index < -0.39 is 0 Å². The van der Waals surface area contributed by atoms with Crippen molar-refractivity contribution < 1.29 is 9.53 Å². The molecule has 4 nitrogen and oxygen atoms in total. The minimum atomic E-state index is -0.146. The lowest BCUT2D eigenvalue weighted by molar-refractivity contribution is 0.0950. The third-order valence-corrected chi connectivity index (χ3v) is 4.04. The van der Waals surface area contributed by atoms with E-state index in [1.807, 2.05) is 48.5 Å². The van der Waals surface area contributed by atoms with Crippen molar-refractivity contribution in [1.29, 1.82) is 0 Å².